The Bertz CT molecular complexity index is 579. The van der Waals surface area contributed by atoms with E-state index in [0.29, 0.717) is 0 Å². The molecular weight excluding hydrogens is 278 g/mol. The molecule has 3 rings (SSSR count). The summed E-state index contributed by atoms with van der Waals surface area (Å²) in [6, 6.07) is 8.11. The number of quaternary nitrogens is 1. The SMILES string of the molecule is CC(=O)N1CC[NH+]([C@@H](C)C(=O)N2CCc3ccccc32)CC1. The molecule has 1 saturated heterocycles. The van der Waals surface area contributed by atoms with Gasteiger partial charge in [0.05, 0.1) is 26.2 Å². The van der Waals surface area contributed by atoms with Gasteiger partial charge in [-0.05, 0) is 25.0 Å². The molecule has 0 saturated carbocycles. The second-order valence-corrected chi connectivity index (χ2v) is 6.25. The predicted molar refractivity (Wildman–Crippen MR) is 84.9 cm³/mol. The third kappa shape index (κ3) is 2.73. The highest BCUT2D eigenvalue weighted by molar-refractivity contribution is 5.97. The molecule has 1 fully saturated rings. The van der Waals surface area contributed by atoms with Crippen LogP contribution in [0.4, 0.5) is 5.69 Å². The minimum absolute atomic E-state index is 0.0553. The predicted octanol–water partition coefficient (Wildman–Crippen LogP) is -0.289. The molecule has 22 heavy (non-hydrogen) atoms. The fourth-order valence-electron chi connectivity index (χ4n) is 3.52. The smallest absolute Gasteiger partial charge is 0.284 e. The number of amides is 2. The Balaban J connectivity index is 1.65. The molecule has 5 heteroatoms. The van der Waals surface area contributed by atoms with Crippen molar-refractivity contribution < 1.29 is 14.5 Å². The fraction of sp³-hybridized carbons (Fsp3) is 0.529. The lowest BCUT2D eigenvalue weighted by Gasteiger charge is -2.35. The number of nitrogens with one attached hydrogen (secondary N) is 1. The van der Waals surface area contributed by atoms with Crippen molar-refractivity contribution in [1.29, 1.82) is 0 Å². The van der Waals surface area contributed by atoms with E-state index in [1.807, 2.05) is 34.9 Å². The van der Waals surface area contributed by atoms with Crippen molar-refractivity contribution in [2.45, 2.75) is 26.3 Å². The van der Waals surface area contributed by atoms with Gasteiger partial charge in [0.25, 0.3) is 5.91 Å². The number of fused-ring (bicyclic) bond motifs is 1. The molecule has 1 N–H and O–H groups in total. The Morgan fingerprint density at radius 2 is 1.82 bits per heavy atom. The molecular formula is C17H24N3O2+. The van der Waals surface area contributed by atoms with E-state index in [-0.39, 0.29) is 17.9 Å². The van der Waals surface area contributed by atoms with Gasteiger partial charge in [0, 0.05) is 19.2 Å². The van der Waals surface area contributed by atoms with E-state index < -0.39 is 0 Å². The first-order valence-corrected chi connectivity index (χ1v) is 8.07. The molecule has 0 radical (unpaired) electrons. The van der Waals surface area contributed by atoms with E-state index in [4.69, 9.17) is 0 Å². The first-order chi connectivity index (χ1) is 10.6. The van der Waals surface area contributed by atoms with Crippen LogP contribution >= 0.6 is 0 Å². The van der Waals surface area contributed by atoms with Gasteiger partial charge in [-0.2, -0.15) is 0 Å². The van der Waals surface area contributed by atoms with Crippen LogP contribution in [0.3, 0.4) is 0 Å². The van der Waals surface area contributed by atoms with Crippen LogP contribution in [0.2, 0.25) is 0 Å². The van der Waals surface area contributed by atoms with Gasteiger partial charge in [-0.3, -0.25) is 9.59 Å². The lowest BCUT2D eigenvalue weighted by Crippen LogP contribution is -3.19. The quantitative estimate of drug-likeness (QED) is 0.816. The number of nitrogens with zero attached hydrogens (tertiary/aromatic N) is 2. The van der Waals surface area contributed by atoms with Crippen LogP contribution in [0.15, 0.2) is 24.3 Å². The van der Waals surface area contributed by atoms with Crippen LogP contribution in [0.5, 0.6) is 0 Å². The molecule has 0 spiro atoms. The monoisotopic (exact) mass is 302 g/mol. The Morgan fingerprint density at radius 3 is 2.50 bits per heavy atom. The largest absolute Gasteiger partial charge is 0.332 e. The molecule has 2 aliphatic rings. The van der Waals surface area contributed by atoms with E-state index in [2.05, 4.69) is 6.07 Å². The number of piperazine rings is 1. The summed E-state index contributed by atoms with van der Waals surface area (Å²) in [5, 5.41) is 0. The van der Waals surface area contributed by atoms with E-state index in [0.717, 1.165) is 44.8 Å². The highest BCUT2D eigenvalue weighted by atomic mass is 16.2. The Morgan fingerprint density at radius 1 is 1.14 bits per heavy atom. The second-order valence-electron chi connectivity index (χ2n) is 6.25. The maximum Gasteiger partial charge on any atom is 0.284 e. The molecule has 0 aliphatic carbocycles. The third-order valence-electron chi connectivity index (χ3n) is 4.99. The number of carbonyl (C=O) groups is 2. The van der Waals surface area contributed by atoms with Gasteiger partial charge in [-0.25, -0.2) is 0 Å². The molecule has 1 aromatic carbocycles. The summed E-state index contributed by atoms with van der Waals surface area (Å²) in [7, 11) is 0. The molecule has 2 heterocycles. The molecule has 0 unspecified atom stereocenters. The van der Waals surface area contributed by atoms with Crippen LogP contribution < -0.4 is 9.80 Å². The normalized spacial score (nSPS) is 19.9. The lowest BCUT2D eigenvalue weighted by atomic mass is 10.1. The first kappa shape index (κ1) is 15.0. The topological polar surface area (TPSA) is 45.1 Å². The minimum atomic E-state index is -0.0553. The van der Waals surface area contributed by atoms with Crippen LogP contribution in [-0.4, -0.2) is 55.5 Å². The van der Waals surface area contributed by atoms with Gasteiger partial charge >= 0.3 is 0 Å². The third-order valence-corrected chi connectivity index (χ3v) is 4.99. The van der Waals surface area contributed by atoms with Crippen LogP contribution in [0.1, 0.15) is 19.4 Å². The number of anilines is 1. The maximum absolute atomic E-state index is 12.8. The molecule has 1 aromatic rings. The van der Waals surface area contributed by atoms with Crippen molar-refractivity contribution in [3.8, 4) is 0 Å². The summed E-state index contributed by atoms with van der Waals surface area (Å²) in [5.41, 5.74) is 2.33. The zero-order valence-electron chi connectivity index (χ0n) is 13.3. The van der Waals surface area contributed by atoms with Crippen molar-refractivity contribution in [3.63, 3.8) is 0 Å². The lowest BCUT2D eigenvalue weighted by molar-refractivity contribution is -0.917. The number of hydrogen-bond acceptors (Lipinski definition) is 2. The number of carbonyl (C=O) groups excluding carboxylic acids is 2. The summed E-state index contributed by atoms with van der Waals surface area (Å²) in [6.07, 6.45) is 0.947. The van der Waals surface area contributed by atoms with Crippen molar-refractivity contribution in [1.82, 2.24) is 4.90 Å². The summed E-state index contributed by atoms with van der Waals surface area (Å²) in [4.78, 5) is 29.3. The van der Waals surface area contributed by atoms with Gasteiger partial charge in [0.2, 0.25) is 5.91 Å². The van der Waals surface area contributed by atoms with Crippen LogP contribution in [-0.2, 0) is 16.0 Å². The van der Waals surface area contributed by atoms with Crippen molar-refractivity contribution in [2.24, 2.45) is 0 Å². The molecule has 118 valence electrons. The first-order valence-electron chi connectivity index (χ1n) is 8.07. The van der Waals surface area contributed by atoms with E-state index >= 15 is 0 Å². The molecule has 1 atom stereocenters. The summed E-state index contributed by atoms with van der Waals surface area (Å²) in [5.74, 6) is 0.336. The number of hydrogen-bond donors (Lipinski definition) is 1. The van der Waals surface area contributed by atoms with Gasteiger partial charge in [-0.15, -0.1) is 0 Å². The number of para-hydroxylation sites is 1. The molecule has 2 amide bonds. The summed E-state index contributed by atoms with van der Waals surface area (Å²) >= 11 is 0. The highest BCUT2D eigenvalue weighted by Gasteiger charge is 2.35. The van der Waals surface area contributed by atoms with Crippen LogP contribution in [0, 0.1) is 0 Å². The van der Waals surface area contributed by atoms with Crippen molar-refractivity contribution in [3.05, 3.63) is 29.8 Å². The summed E-state index contributed by atoms with van der Waals surface area (Å²) < 4.78 is 0. The average Bonchev–Trinajstić information content (AvgIpc) is 2.97. The van der Waals surface area contributed by atoms with Gasteiger partial charge in [-0.1, -0.05) is 18.2 Å². The zero-order chi connectivity index (χ0) is 15.7. The van der Waals surface area contributed by atoms with E-state index in [1.165, 1.54) is 10.5 Å². The molecule has 0 bridgehead atoms. The molecule has 2 aliphatic heterocycles. The molecule has 0 aromatic heterocycles. The Labute approximate surface area is 131 Å². The zero-order valence-corrected chi connectivity index (χ0v) is 13.3. The molecule has 5 nitrogen and oxygen atoms in total. The fourth-order valence-corrected chi connectivity index (χ4v) is 3.52. The maximum atomic E-state index is 12.8. The van der Waals surface area contributed by atoms with Crippen LogP contribution in [0.25, 0.3) is 0 Å². The van der Waals surface area contributed by atoms with E-state index in [9.17, 15) is 9.59 Å². The highest BCUT2D eigenvalue weighted by Crippen LogP contribution is 2.27. The second kappa shape index (κ2) is 6.08. The van der Waals surface area contributed by atoms with Gasteiger partial charge < -0.3 is 14.7 Å². The van der Waals surface area contributed by atoms with Gasteiger partial charge in [0.1, 0.15) is 0 Å². The Kier molecular flexibility index (Phi) is 4.16. The standard InChI is InChI=1S/C17H23N3O2/c1-13(18-9-11-19(12-10-18)14(2)21)17(22)20-8-7-15-5-3-4-6-16(15)20/h3-6,13H,7-12H2,1-2H3/p+1/t13-/m0/s1. The van der Waals surface area contributed by atoms with Crippen molar-refractivity contribution in [2.75, 3.05) is 37.6 Å². The van der Waals surface area contributed by atoms with E-state index in [1.54, 1.807) is 6.92 Å². The van der Waals surface area contributed by atoms with Gasteiger partial charge in [0.15, 0.2) is 6.04 Å². The number of rotatable bonds is 2. The number of benzene rings is 1. The van der Waals surface area contributed by atoms with Crippen molar-refractivity contribution >= 4 is 17.5 Å². The summed E-state index contributed by atoms with van der Waals surface area (Å²) in [6.45, 7) is 7.61. The minimum Gasteiger partial charge on any atom is -0.332 e. The Hall–Kier alpha value is -1.88. The average molecular weight is 302 g/mol.